The Morgan fingerprint density at radius 1 is 1.12 bits per heavy atom. The smallest absolute Gasteiger partial charge is 0.263 e. The van der Waals surface area contributed by atoms with Crippen molar-refractivity contribution in [2.75, 3.05) is 0 Å². The van der Waals surface area contributed by atoms with Crippen LogP contribution in [0.1, 0.15) is 75.3 Å². The van der Waals surface area contributed by atoms with Crippen molar-refractivity contribution in [3.05, 3.63) is 20.8 Å². The highest BCUT2D eigenvalue weighted by Gasteiger charge is 2.26. The van der Waals surface area contributed by atoms with Gasteiger partial charge in [0.25, 0.3) is 5.56 Å². The van der Waals surface area contributed by atoms with Crippen LogP contribution in [0.5, 0.6) is 0 Å². The van der Waals surface area contributed by atoms with Crippen LogP contribution in [0.3, 0.4) is 0 Å². The largest absolute Gasteiger partial charge is 0.284 e. The predicted octanol–water partition coefficient (Wildman–Crippen LogP) is 5.34. The quantitative estimate of drug-likeness (QED) is 0.546. The number of rotatable bonds is 3. The van der Waals surface area contributed by atoms with Crippen LogP contribution in [-0.4, -0.2) is 14.8 Å². The standard InChI is InChI=1S/C19H26N2OS2/c1-12(2)23-19-20-17-16(14-10-6-7-11-15(14)24-17)18(22)21(19)13-8-4-3-5-9-13/h12-13H,3-11H2,1-2H3. The van der Waals surface area contributed by atoms with Gasteiger partial charge in [-0.25, -0.2) is 4.98 Å². The van der Waals surface area contributed by atoms with E-state index in [-0.39, 0.29) is 5.56 Å². The van der Waals surface area contributed by atoms with Crippen molar-refractivity contribution in [3.63, 3.8) is 0 Å². The maximum absolute atomic E-state index is 13.5. The van der Waals surface area contributed by atoms with Crippen LogP contribution < -0.4 is 5.56 Å². The molecule has 0 aliphatic heterocycles. The Morgan fingerprint density at radius 3 is 2.62 bits per heavy atom. The van der Waals surface area contributed by atoms with Crippen LogP contribution in [0.15, 0.2) is 9.95 Å². The summed E-state index contributed by atoms with van der Waals surface area (Å²) in [6, 6.07) is 0.351. The SMILES string of the molecule is CC(C)Sc1nc2sc3c(c2c(=O)n1C1CCCCC1)CCCC3. The summed E-state index contributed by atoms with van der Waals surface area (Å²) >= 11 is 3.52. The molecule has 0 spiro atoms. The normalized spacial score (nSPS) is 19.1. The lowest BCUT2D eigenvalue weighted by Crippen LogP contribution is -2.29. The summed E-state index contributed by atoms with van der Waals surface area (Å²) in [6.45, 7) is 4.37. The number of hydrogen-bond donors (Lipinski definition) is 0. The van der Waals surface area contributed by atoms with Gasteiger partial charge in [0.1, 0.15) is 4.83 Å². The molecule has 0 N–H and O–H groups in total. The van der Waals surface area contributed by atoms with Crippen molar-refractivity contribution < 1.29 is 0 Å². The van der Waals surface area contributed by atoms with E-state index < -0.39 is 0 Å². The fourth-order valence-corrected chi connectivity index (χ4v) is 6.37. The second-order valence-corrected chi connectivity index (χ2v) is 10.0. The van der Waals surface area contributed by atoms with E-state index in [2.05, 4.69) is 18.4 Å². The Morgan fingerprint density at radius 2 is 1.88 bits per heavy atom. The Balaban J connectivity index is 1.92. The molecule has 2 aromatic rings. The molecule has 0 bridgehead atoms. The molecule has 1 saturated carbocycles. The molecule has 2 heterocycles. The molecule has 0 atom stereocenters. The van der Waals surface area contributed by atoms with Gasteiger partial charge in [0, 0.05) is 16.2 Å². The lowest BCUT2D eigenvalue weighted by atomic mass is 9.94. The first-order chi connectivity index (χ1) is 11.6. The average molecular weight is 363 g/mol. The first kappa shape index (κ1) is 16.6. The molecule has 0 unspecified atom stereocenters. The molecule has 2 aromatic heterocycles. The van der Waals surface area contributed by atoms with Gasteiger partial charge < -0.3 is 0 Å². The van der Waals surface area contributed by atoms with Crippen molar-refractivity contribution >= 4 is 33.3 Å². The predicted molar refractivity (Wildman–Crippen MR) is 104 cm³/mol. The second-order valence-electron chi connectivity index (χ2n) is 7.42. The molecule has 2 aliphatic carbocycles. The molecule has 4 rings (SSSR count). The Kier molecular flexibility index (Phi) is 4.74. The molecule has 0 saturated heterocycles. The molecule has 1 fully saturated rings. The summed E-state index contributed by atoms with van der Waals surface area (Å²) in [5, 5.41) is 2.35. The Hall–Kier alpha value is -0.810. The van der Waals surface area contributed by atoms with Gasteiger partial charge in [0.15, 0.2) is 5.16 Å². The third-order valence-electron chi connectivity index (χ3n) is 5.27. The Labute approximate surface area is 151 Å². The number of aryl methyl sites for hydroxylation is 2. The van der Waals surface area contributed by atoms with Crippen LogP contribution in [0.25, 0.3) is 10.2 Å². The third kappa shape index (κ3) is 2.94. The molecule has 24 heavy (non-hydrogen) atoms. The zero-order valence-corrected chi connectivity index (χ0v) is 16.3. The molecule has 5 heteroatoms. The number of fused-ring (bicyclic) bond motifs is 3. The van der Waals surface area contributed by atoms with E-state index >= 15 is 0 Å². The highest BCUT2D eigenvalue weighted by atomic mass is 32.2. The van der Waals surface area contributed by atoms with Gasteiger partial charge >= 0.3 is 0 Å². The summed E-state index contributed by atoms with van der Waals surface area (Å²) in [7, 11) is 0. The molecular weight excluding hydrogens is 336 g/mol. The molecule has 130 valence electrons. The van der Waals surface area contributed by atoms with Crippen LogP contribution in [0.2, 0.25) is 0 Å². The lowest BCUT2D eigenvalue weighted by molar-refractivity contribution is 0.326. The highest BCUT2D eigenvalue weighted by molar-refractivity contribution is 7.99. The van der Waals surface area contributed by atoms with Gasteiger partial charge in [-0.2, -0.15) is 0 Å². The summed E-state index contributed by atoms with van der Waals surface area (Å²) in [5.41, 5.74) is 1.57. The van der Waals surface area contributed by atoms with Crippen molar-refractivity contribution in [3.8, 4) is 0 Å². The number of thioether (sulfide) groups is 1. The van der Waals surface area contributed by atoms with Gasteiger partial charge in [-0.05, 0) is 44.1 Å². The third-order valence-corrected chi connectivity index (χ3v) is 7.43. The van der Waals surface area contributed by atoms with Crippen molar-refractivity contribution in [2.45, 2.75) is 88.1 Å². The first-order valence-corrected chi connectivity index (χ1v) is 11.1. The summed E-state index contributed by atoms with van der Waals surface area (Å²) in [4.78, 5) is 20.9. The zero-order valence-electron chi connectivity index (χ0n) is 14.6. The number of hydrogen-bond acceptors (Lipinski definition) is 4. The van der Waals surface area contributed by atoms with Crippen molar-refractivity contribution in [2.24, 2.45) is 0 Å². The van der Waals surface area contributed by atoms with Gasteiger partial charge in [0.2, 0.25) is 0 Å². The summed E-state index contributed by atoms with van der Waals surface area (Å²) < 4.78 is 2.08. The maximum atomic E-state index is 13.5. The summed E-state index contributed by atoms with van der Waals surface area (Å²) in [5.74, 6) is 0. The molecule has 2 aliphatic rings. The first-order valence-electron chi connectivity index (χ1n) is 9.38. The van der Waals surface area contributed by atoms with Gasteiger partial charge in [-0.1, -0.05) is 44.9 Å². The van der Waals surface area contributed by atoms with E-state index in [1.54, 1.807) is 23.1 Å². The number of thiophene rings is 1. The van der Waals surface area contributed by atoms with E-state index in [0.717, 1.165) is 41.1 Å². The lowest BCUT2D eigenvalue weighted by Gasteiger charge is -2.26. The minimum Gasteiger partial charge on any atom is -0.284 e. The minimum atomic E-state index is 0.245. The average Bonchev–Trinajstić information content (AvgIpc) is 2.93. The van der Waals surface area contributed by atoms with Gasteiger partial charge in [0.05, 0.1) is 5.39 Å². The molecule has 0 aromatic carbocycles. The molecule has 0 radical (unpaired) electrons. The Bertz CT molecular complexity index is 800. The monoisotopic (exact) mass is 362 g/mol. The fourth-order valence-electron chi connectivity index (χ4n) is 4.15. The number of nitrogens with zero attached hydrogens (tertiary/aromatic N) is 2. The van der Waals surface area contributed by atoms with Crippen molar-refractivity contribution in [1.29, 1.82) is 0 Å². The minimum absolute atomic E-state index is 0.245. The van der Waals surface area contributed by atoms with E-state index in [1.165, 1.54) is 42.5 Å². The van der Waals surface area contributed by atoms with Crippen LogP contribution in [-0.2, 0) is 12.8 Å². The summed E-state index contributed by atoms with van der Waals surface area (Å²) in [6.07, 6.45) is 10.7. The number of aromatic nitrogens is 2. The van der Waals surface area contributed by atoms with Crippen LogP contribution in [0, 0.1) is 0 Å². The maximum Gasteiger partial charge on any atom is 0.263 e. The van der Waals surface area contributed by atoms with E-state index in [4.69, 9.17) is 4.98 Å². The zero-order chi connectivity index (χ0) is 16.7. The van der Waals surface area contributed by atoms with Gasteiger partial charge in [-0.15, -0.1) is 11.3 Å². The molecule has 3 nitrogen and oxygen atoms in total. The van der Waals surface area contributed by atoms with Crippen molar-refractivity contribution in [1.82, 2.24) is 9.55 Å². The molecular formula is C19H26N2OS2. The molecule has 0 amide bonds. The van der Waals surface area contributed by atoms with E-state index in [0.29, 0.717) is 11.3 Å². The second kappa shape index (κ2) is 6.83. The van der Waals surface area contributed by atoms with Crippen LogP contribution in [0.4, 0.5) is 0 Å². The van der Waals surface area contributed by atoms with Crippen LogP contribution >= 0.6 is 23.1 Å². The fraction of sp³-hybridized carbons (Fsp3) is 0.684. The van der Waals surface area contributed by atoms with E-state index in [1.807, 2.05) is 0 Å². The highest BCUT2D eigenvalue weighted by Crippen LogP contribution is 2.37. The topological polar surface area (TPSA) is 34.9 Å². The van der Waals surface area contributed by atoms with E-state index in [9.17, 15) is 4.79 Å². The van der Waals surface area contributed by atoms with Gasteiger partial charge in [-0.3, -0.25) is 9.36 Å².